The fraction of sp³-hybridized carbons (Fsp3) is 0.522. The summed E-state index contributed by atoms with van der Waals surface area (Å²) < 4.78 is 1.40. The lowest BCUT2D eigenvalue weighted by Crippen LogP contribution is -2.62. The maximum absolute atomic E-state index is 15.9. The van der Waals surface area contributed by atoms with Gasteiger partial charge in [0.15, 0.2) is 0 Å². The number of benzene rings is 3. The third kappa shape index (κ3) is 29.5. The summed E-state index contributed by atoms with van der Waals surface area (Å²) in [7, 11) is 3.82. The number of aliphatic hydroxyl groups excluding tert-OH is 2. The standard InChI is InChI=1S/C92H126N22O23S/c1-9-11-21-70-85(130)102-61(32-49(3)4)81(126)108-68(80(125)98-41-76(95)120)46-138-47-77(121)100-64(33-51-25-27-55(116)28-26-51)88(133)109(6)50(5)79(124)105-66(38-75(94)119)91(136)113-31-17-24-71(113)86(131)104-63(36-54-40-96-48-99-54)83(128)101-60(29-30-74(93)118)90(135)114-43-56(117)37-73(114)87(132)103-62(34-52-39-97-59-20-15-13-18-57(52)59)82(127)107-67(45-115)84(129)106-65(89(134)111(8)72(22-12-10-2)92(137)110(70)7)35-53-42-112(44-78(122)123)69-23-16-14-19-58(53)69/h13-16,18-20,23,25-28,39-40,42,48-50,56,60-68,70-73,97,115-117H,9-12,17,21-22,24,29-38,41,43-47H2,1-8H3,(H2,93,118)(H2,94,119)(H2,95,120)(H,96,99)(H,98,125)(H,100,121)(H,101,128)(H,102,130)(H,103,132)(H,104,131)(H,105,124)(H,106,129)(H,107,127)(H,108,126)(H,122,123)/t50-,56+,60-,61-,62-,63-,64-,65-,66+,67-,68-,70-,71-,72-,73-/m0/s1. The number of nitrogens with one attached hydrogen (secondary N) is 12. The number of likely N-dealkylation sites (N-methyl/N-ethyl adjacent to an activating group) is 3. The first-order valence-corrected chi connectivity index (χ1v) is 47.0. The van der Waals surface area contributed by atoms with Gasteiger partial charge in [0.05, 0.1) is 37.8 Å². The van der Waals surface area contributed by atoms with Gasteiger partial charge in [0.25, 0.3) is 0 Å². The van der Waals surface area contributed by atoms with E-state index in [0.29, 0.717) is 57.8 Å². The van der Waals surface area contributed by atoms with E-state index in [0.717, 1.165) is 36.3 Å². The number of aromatic amines is 2. The van der Waals surface area contributed by atoms with Crippen molar-refractivity contribution in [2.45, 2.75) is 241 Å². The molecule has 6 aromatic rings. The van der Waals surface area contributed by atoms with Gasteiger partial charge in [-0.05, 0) is 92.3 Å². The summed E-state index contributed by atoms with van der Waals surface area (Å²) in [6.07, 6.45) is 1.49. The largest absolute Gasteiger partial charge is 0.508 e. The summed E-state index contributed by atoms with van der Waals surface area (Å²) in [6.45, 7) is 5.13. The number of nitrogens with two attached hydrogens (primary N) is 3. The highest BCUT2D eigenvalue weighted by Gasteiger charge is 2.47. The maximum atomic E-state index is 15.9. The summed E-state index contributed by atoms with van der Waals surface area (Å²) in [5, 5.41) is 70.1. The molecule has 3 saturated heterocycles. The highest BCUT2D eigenvalue weighted by Crippen LogP contribution is 2.29. The van der Waals surface area contributed by atoms with Crippen LogP contribution in [-0.4, -0.2) is 326 Å². The van der Waals surface area contributed by atoms with Crippen molar-refractivity contribution in [3.05, 3.63) is 120 Å². The molecular weight excluding hydrogens is 1810 g/mol. The van der Waals surface area contributed by atoms with E-state index in [1.165, 1.54) is 75.6 Å². The summed E-state index contributed by atoms with van der Waals surface area (Å²) in [6, 6.07) is -3.99. The number of aliphatic carboxylic acids is 1. The Morgan fingerprint density at radius 3 is 1.78 bits per heavy atom. The fourth-order valence-electron chi connectivity index (χ4n) is 17.0. The molecule has 748 valence electrons. The molecule has 0 radical (unpaired) electrons. The number of aromatic hydroxyl groups is 1. The van der Waals surface area contributed by atoms with Gasteiger partial charge in [-0.2, -0.15) is 0 Å². The van der Waals surface area contributed by atoms with Gasteiger partial charge in [0.1, 0.15) is 96.9 Å². The zero-order valence-corrected chi connectivity index (χ0v) is 79.1. The number of para-hydroxylation sites is 2. The number of imidazole rings is 1. The van der Waals surface area contributed by atoms with Crippen molar-refractivity contribution in [1.82, 2.24) is 97.2 Å². The van der Waals surface area contributed by atoms with Crippen LogP contribution in [0.25, 0.3) is 21.8 Å². The molecular formula is C92H126N22O23S. The highest BCUT2D eigenvalue weighted by molar-refractivity contribution is 8.00. The third-order valence-corrected chi connectivity index (χ3v) is 25.6. The summed E-state index contributed by atoms with van der Waals surface area (Å²) in [5.74, 6) is -20.7. The van der Waals surface area contributed by atoms with Crippen LogP contribution in [0.5, 0.6) is 5.75 Å². The smallest absolute Gasteiger partial charge is 0.323 e. The van der Waals surface area contributed by atoms with Crippen molar-refractivity contribution in [2.75, 3.05) is 58.9 Å². The van der Waals surface area contributed by atoms with Gasteiger partial charge in [-0.1, -0.05) is 102 Å². The molecule has 6 heterocycles. The Morgan fingerprint density at radius 1 is 0.565 bits per heavy atom. The lowest BCUT2D eigenvalue weighted by molar-refractivity contribution is -0.149. The van der Waals surface area contributed by atoms with Crippen LogP contribution in [0.4, 0.5) is 0 Å². The SMILES string of the molecule is CCCC[C@H]1C(=O)N(C)[C@@H](CCCC)C(=O)N[C@@H](CC(C)C)C(=O)N[C@H](C(=O)NCC(N)=O)CSCC(=O)N[C@@H](Cc2ccc(O)cc2)C(=O)N(C)[C@@H](C)C(=O)N[C@H](CC(N)=O)C(=O)N2CCC[C@H]2C(=O)N[C@@H](Cc2cnc[nH]2)C(=O)N[C@@H](CCC(N)=O)C(=O)N2C[C@H](O)C[C@H]2C(=O)N[C@@H](Cc2c[nH]c3ccccc23)C(=O)N[C@@H](CO)C(=O)N[C@@H](Cc2cn(CC(=O)O)c3ccccc23)C(=O)N1C. The maximum Gasteiger partial charge on any atom is 0.323 e. The molecule has 3 aliphatic rings. The fourth-order valence-corrected chi connectivity index (χ4v) is 17.9. The molecule has 3 fully saturated rings. The average molecular weight is 1940 g/mol. The molecule has 9 rings (SSSR count). The van der Waals surface area contributed by atoms with Gasteiger partial charge in [-0.3, -0.25) is 91.1 Å². The van der Waals surface area contributed by atoms with E-state index in [9.17, 15) is 73.2 Å². The number of fused-ring (bicyclic) bond motifs is 4. The number of H-pyrrole nitrogens is 2. The van der Waals surface area contributed by atoms with Crippen molar-refractivity contribution < 1.29 is 112 Å². The minimum absolute atomic E-state index is 0.0253. The first-order chi connectivity index (χ1) is 65.6. The number of carbonyl (C=O) groups is 19. The Morgan fingerprint density at radius 2 is 1.14 bits per heavy atom. The number of amides is 18. The molecule has 0 saturated carbocycles. The number of hydrogen-bond acceptors (Lipinski definition) is 24. The second-order valence-corrected chi connectivity index (χ2v) is 36.4. The number of unbranched alkanes of at least 4 members (excludes halogenated alkanes) is 2. The minimum Gasteiger partial charge on any atom is -0.508 e. The van der Waals surface area contributed by atoms with E-state index in [1.807, 2.05) is 13.8 Å². The lowest BCUT2D eigenvalue weighted by Gasteiger charge is -2.36. The number of thioether (sulfide) groups is 1. The molecule has 0 unspecified atom stereocenters. The van der Waals surface area contributed by atoms with Crippen LogP contribution in [0.1, 0.15) is 140 Å². The van der Waals surface area contributed by atoms with E-state index in [-0.39, 0.29) is 75.3 Å². The van der Waals surface area contributed by atoms with Crippen LogP contribution in [0, 0.1) is 5.92 Å². The van der Waals surface area contributed by atoms with Gasteiger partial charge < -0.3 is 130 Å². The first kappa shape index (κ1) is 108. The molecule has 0 aliphatic carbocycles. The Hall–Kier alpha value is -14.1. The normalized spacial score (nSPS) is 24.5. The van der Waals surface area contributed by atoms with Gasteiger partial charge in [0, 0.05) is 125 Å². The minimum atomic E-state index is -2.00. The number of aliphatic hydroxyl groups is 2. The molecule has 22 N–H and O–H groups in total. The van der Waals surface area contributed by atoms with Gasteiger partial charge in [-0.15, -0.1) is 11.8 Å². The number of phenols is 1. The molecule has 46 heteroatoms. The van der Waals surface area contributed by atoms with Gasteiger partial charge in [0.2, 0.25) is 106 Å². The molecule has 15 atom stereocenters. The lowest BCUT2D eigenvalue weighted by atomic mass is 9.99. The molecule has 3 aliphatic heterocycles. The van der Waals surface area contributed by atoms with Crippen LogP contribution in [-0.2, 0) is 123 Å². The number of carboxylic acid groups (broad SMARTS) is 1. The number of aromatic nitrogens is 4. The molecule has 138 heavy (non-hydrogen) atoms. The molecule has 3 aromatic carbocycles. The summed E-state index contributed by atoms with van der Waals surface area (Å²) in [4.78, 5) is 291. The Balaban J connectivity index is 1.12. The Kier molecular flexibility index (Phi) is 39.5. The predicted octanol–water partition coefficient (Wildman–Crippen LogP) is -3.37. The number of nitrogens with zero attached hydrogens (tertiary/aromatic N) is 7. The number of rotatable bonds is 27. The number of carbonyl (C=O) groups excluding carboxylic acids is 18. The quantitative estimate of drug-likeness (QED) is 0.0239. The van der Waals surface area contributed by atoms with Crippen LogP contribution >= 0.6 is 11.8 Å². The van der Waals surface area contributed by atoms with E-state index in [4.69, 9.17) is 17.2 Å². The van der Waals surface area contributed by atoms with Crippen molar-refractivity contribution in [2.24, 2.45) is 23.1 Å². The second kappa shape index (κ2) is 50.7. The number of phenolic OH excluding ortho intramolecular Hbond substituents is 1. The summed E-state index contributed by atoms with van der Waals surface area (Å²) in [5.41, 5.74) is 19.1. The topological polar surface area (TPSA) is 669 Å². The zero-order valence-electron chi connectivity index (χ0n) is 78.3. The first-order valence-electron chi connectivity index (χ1n) is 45.8. The monoisotopic (exact) mass is 1940 g/mol. The van der Waals surface area contributed by atoms with Crippen molar-refractivity contribution in [1.29, 1.82) is 0 Å². The zero-order chi connectivity index (χ0) is 101. The van der Waals surface area contributed by atoms with Crippen LogP contribution in [0.3, 0.4) is 0 Å². The molecule has 18 amide bonds. The van der Waals surface area contributed by atoms with Gasteiger partial charge in [-0.25, -0.2) is 4.98 Å². The summed E-state index contributed by atoms with van der Waals surface area (Å²) >= 11 is 0.768. The number of hydrogen-bond donors (Lipinski definition) is 19. The van der Waals surface area contributed by atoms with E-state index < -0.39 is 279 Å². The van der Waals surface area contributed by atoms with E-state index in [1.54, 1.807) is 68.6 Å². The molecule has 3 aromatic heterocycles. The molecule has 0 spiro atoms. The third-order valence-electron chi connectivity index (χ3n) is 24.5. The Labute approximate surface area is 799 Å². The molecule has 0 bridgehead atoms. The second-order valence-electron chi connectivity index (χ2n) is 35.3. The van der Waals surface area contributed by atoms with Crippen LogP contribution < -0.4 is 70.4 Å². The number of primary amides is 3. The van der Waals surface area contributed by atoms with Crippen molar-refractivity contribution >= 4 is 146 Å². The Bertz CT molecular complexity index is 5400. The predicted molar refractivity (Wildman–Crippen MR) is 500 cm³/mol. The van der Waals surface area contributed by atoms with Gasteiger partial charge >= 0.3 is 5.97 Å². The molecule has 45 nitrogen and oxygen atoms in total. The average Bonchev–Trinajstić information content (AvgIpc) is 1.63. The number of carboxylic acids is 1. The van der Waals surface area contributed by atoms with E-state index in [2.05, 4.69) is 68.1 Å². The van der Waals surface area contributed by atoms with Crippen LogP contribution in [0.15, 0.2) is 97.7 Å². The highest BCUT2D eigenvalue weighted by atomic mass is 32.2. The van der Waals surface area contributed by atoms with Crippen LogP contribution in [0.2, 0.25) is 0 Å². The van der Waals surface area contributed by atoms with E-state index >= 15 is 38.4 Å². The van der Waals surface area contributed by atoms with Crippen molar-refractivity contribution in [3.8, 4) is 5.75 Å². The van der Waals surface area contributed by atoms with Crippen molar-refractivity contribution in [3.63, 3.8) is 0 Å².